The molecule has 3 nitrogen and oxygen atoms in total. The van der Waals surface area contributed by atoms with Crippen molar-refractivity contribution >= 4 is 17.5 Å². The molecule has 0 aliphatic heterocycles. The Labute approximate surface area is 121 Å². The normalized spacial score (nSPS) is 11.9. The van der Waals surface area contributed by atoms with Gasteiger partial charge in [0, 0.05) is 11.1 Å². The van der Waals surface area contributed by atoms with E-state index in [4.69, 9.17) is 11.6 Å². The highest BCUT2D eigenvalue weighted by molar-refractivity contribution is 6.32. The fourth-order valence-electron chi connectivity index (χ4n) is 1.83. The first-order valence-electron chi connectivity index (χ1n) is 6.03. The predicted octanol–water partition coefficient (Wildman–Crippen LogP) is 3.68. The highest BCUT2D eigenvalue weighted by Gasteiger charge is 2.15. The maximum Gasteiger partial charge on any atom is 0.251 e. The number of phenolic OH excluding ortho intramolecular Hbond substituents is 1. The van der Waals surface area contributed by atoms with Gasteiger partial charge in [-0.3, -0.25) is 4.79 Å². The topological polar surface area (TPSA) is 49.3 Å². The molecule has 2 aromatic carbocycles. The minimum Gasteiger partial charge on any atom is -0.506 e. The van der Waals surface area contributed by atoms with Gasteiger partial charge in [0.1, 0.15) is 11.6 Å². The molecule has 0 unspecified atom stereocenters. The lowest BCUT2D eigenvalue weighted by molar-refractivity contribution is 0.0939. The molecule has 0 saturated heterocycles. The average Bonchev–Trinajstić information content (AvgIpc) is 2.42. The van der Waals surface area contributed by atoms with Crippen molar-refractivity contribution in [2.45, 2.75) is 13.0 Å². The summed E-state index contributed by atoms with van der Waals surface area (Å²) in [6.45, 7) is 1.69. The molecule has 0 heterocycles. The van der Waals surface area contributed by atoms with E-state index in [0.29, 0.717) is 11.1 Å². The number of phenols is 1. The molecular weight excluding hydrogens is 281 g/mol. The summed E-state index contributed by atoms with van der Waals surface area (Å²) >= 11 is 5.75. The molecule has 0 aromatic heterocycles. The van der Waals surface area contributed by atoms with Crippen LogP contribution in [-0.4, -0.2) is 11.0 Å². The van der Waals surface area contributed by atoms with Gasteiger partial charge in [-0.15, -0.1) is 0 Å². The van der Waals surface area contributed by atoms with E-state index in [2.05, 4.69) is 5.32 Å². The Morgan fingerprint density at radius 1 is 1.30 bits per heavy atom. The number of hydrogen-bond acceptors (Lipinski definition) is 2. The SMILES string of the molecule is C[C@H](NC(=O)c1ccc(O)c(Cl)c1)c1ccccc1F. The minimum atomic E-state index is -0.476. The Hall–Kier alpha value is -2.07. The van der Waals surface area contributed by atoms with Crippen molar-refractivity contribution in [2.75, 3.05) is 0 Å². The van der Waals surface area contributed by atoms with Crippen molar-refractivity contribution < 1.29 is 14.3 Å². The Kier molecular flexibility index (Phi) is 4.25. The number of hydrogen-bond donors (Lipinski definition) is 2. The summed E-state index contributed by atoms with van der Waals surface area (Å²) in [5.74, 6) is -0.850. The molecule has 0 spiro atoms. The quantitative estimate of drug-likeness (QED) is 0.907. The van der Waals surface area contributed by atoms with E-state index >= 15 is 0 Å². The van der Waals surface area contributed by atoms with E-state index in [1.165, 1.54) is 24.3 Å². The van der Waals surface area contributed by atoms with Gasteiger partial charge in [-0.1, -0.05) is 29.8 Å². The van der Waals surface area contributed by atoms with E-state index in [9.17, 15) is 14.3 Å². The van der Waals surface area contributed by atoms with Crippen LogP contribution in [0, 0.1) is 5.82 Å². The van der Waals surface area contributed by atoms with Gasteiger partial charge >= 0.3 is 0 Å². The number of halogens is 2. The first-order valence-corrected chi connectivity index (χ1v) is 6.40. The van der Waals surface area contributed by atoms with Crippen LogP contribution in [0.3, 0.4) is 0 Å². The number of amides is 1. The third-order valence-electron chi connectivity index (χ3n) is 2.93. The molecule has 5 heteroatoms. The van der Waals surface area contributed by atoms with Gasteiger partial charge in [0.2, 0.25) is 0 Å². The van der Waals surface area contributed by atoms with Crippen molar-refractivity contribution in [3.63, 3.8) is 0 Å². The summed E-state index contributed by atoms with van der Waals surface area (Å²) < 4.78 is 13.6. The van der Waals surface area contributed by atoms with Gasteiger partial charge < -0.3 is 10.4 Å². The fraction of sp³-hybridized carbons (Fsp3) is 0.133. The van der Waals surface area contributed by atoms with E-state index < -0.39 is 6.04 Å². The maximum atomic E-state index is 13.6. The summed E-state index contributed by atoms with van der Waals surface area (Å²) in [6.07, 6.45) is 0. The first kappa shape index (κ1) is 14.3. The molecular formula is C15H13ClFNO2. The second-order valence-corrected chi connectivity index (χ2v) is 4.79. The molecule has 20 heavy (non-hydrogen) atoms. The summed E-state index contributed by atoms with van der Waals surface area (Å²) in [5.41, 5.74) is 0.710. The van der Waals surface area contributed by atoms with E-state index in [1.807, 2.05) is 0 Å². The molecule has 0 aliphatic rings. The van der Waals surface area contributed by atoms with Crippen LogP contribution in [0.15, 0.2) is 42.5 Å². The standard InChI is InChI=1S/C15H13ClFNO2/c1-9(11-4-2-3-5-13(11)17)18-15(20)10-6-7-14(19)12(16)8-10/h2-9,19H,1H3,(H,18,20)/t9-/m0/s1. The Balaban J connectivity index is 2.15. The van der Waals surface area contributed by atoms with Crippen LogP contribution in [0.25, 0.3) is 0 Å². The number of aromatic hydroxyl groups is 1. The number of carbonyl (C=O) groups excluding carboxylic acids is 1. The number of nitrogens with one attached hydrogen (secondary N) is 1. The second-order valence-electron chi connectivity index (χ2n) is 4.38. The number of rotatable bonds is 3. The molecule has 0 radical (unpaired) electrons. The van der Waals surface area contributed by atoms with Gasteiger partial charge in [-0.2, -0.15) is 0 Å². The van der Waals surface area contributed by atoms with Crippen LogP contribution < -0.4 is 5.32 Å². The van der Waals surface area contributed by atoms with Crippen molar-refractivity contribution in [1.82, 2.24) is 5.32 Å². The zero-order valence-corrected chi connectivity index (χ0v) is 11.5. The highest BCUT2D eigenvalue weighted by atomic mass is 35.5. The maximum absolute atomic E-state index is 13.6. The fourth-order valence-corrected chi connectivity index (χ4v) is 2.01. The zero-order chi connectivity index (χ0) is 14.7. The van der Waals surface area contributed by atoms with Crippen LogP contribution in [0.2, 0.25) is 5.02 Å². The average molecular weight is 294 g/mol. The molecule has 1 atom stereocenters. The molecule has 2 rings (SSSR count). The summed E-state index contributed by atoms with van der Waals surface area (Å²) in [5, 5.41) is 12.1. The lowest BCUT2D eigenvalue weighted by atomic mass is 10.1. The lowest BCUT2D eigenvalue weighted by Crippen LogP contribution is -2.27. The monoisotopic (exact) mass is 293 g/mol. The molecule has 2 aromatic rings. The lowest BCUT2D eigenvalue weighted by Gasteiger charge is -2.15. The minimum absolute atomic E-state index is 0.0923. The highest BCUT2D eigenvalue weighted by Crippen LogP contribution is 2.24. The van der Waals surface area contributed by atoms with Gasteiger partial charge in [0.25, 0.3) is 5.91 Å². The number of carbonyl (C=O) groups is 1. The molecule has 2 N–H and O–H groups in total. The van der Waals surface area contributed by atoms with Crippen molar-refractivity contribution in [3.8, 4) is 5.75 Å². The smallest absolute Gasteiger partial charge is 0.251 e. The summed E-state index contributed by atoms with van der Waals surface area (Å²) in [6, 6.07) is 9.93. The molecule has 1 amide bonds. The van der Waals surface area contributed by atoms with Crippen molar-refractivity contribution in [3.05, 3.63) is 64.4 Å². The Bertz CT molecular complexity index is 646. The third-order valence-corrected chi connectivity index (χ3v) is 3.23. The first-order chi connectivity index (χ1) is 9.49. The Morgan fingerprint density at radius 3 is 2.65 bits per heavy atom. The molecule has 0 bridgehead atoms. The predicted molar refractivity (Wildman–Crippen MR) is 75.4 cm³/mol. The zero-order valence-electron chi connectivity index (χ0n) is 10.7. The van der Waals surface area contributed by atoms with Gasteiger partial charge in [0.05, 0.1) is 11.1 Å². The van der Waals surface area contributed by atoms with Crippen LogP contribution in [0.5, 0.6) is 5.75 Å². The van der Waals surface area contributed by atoms with Crippen LogP contribution in [-0.2, 0) is 0 Å². The molecule has 0 fully saturated rings. The molecule has 0 saturated carbocycles. The third kappa shape index (κ3) is 3.08. The molecule has 104 valence electrons. The van der Waals surface area contributed by atoms with Crippen LogP contribution >= 0.6 is 11.6 Å². The van der Waals surface area contributed by atoms with E-state index in [-0.39, 0.29) is 22.5 Å². The largest absolute Gasteiger partial charge is 0.506 e. The molecule has 0 aliphatic carbocycles. The summed E-state index contributed by atoms with van der Waals surface area (Å²) in [4.78, 5) is 12.0. The van der Waals surface area contributed by atoms with Gasteiger partial charge in [-0.25, -0.2) is 4.39 Å². The number of benzene rings is 2. The van der Waals surface area contributed by atoms with Gasteiger partial charge in [0.15, 0.2) is 0 Å². The van der Waals surface area contributed by atoms with E-state index in [1.54, 1.807) is 25.1 Å². The van der Waals surface area contributed by atoms with Crippen LogP contribution in [0.1, 0.15) is 28.9 Å². The second kappa shape index (κ2) is 5.92. The van der Waals surface area contributed by atoms with E-state index in [0.717, 1.165) is 0 Å². The van der Waals surface area contributed by atoms with Crippen molar-refractivity contribution in [1.29, 1.82) is 0 Å². The van der Waals surface area contributed by atoms with Crippen LogP contribution in [0.4, 0.5) is 4.39 Å². The van der Waals surface area contributed by atoms with Gasteiger partial charge in [-0.05, 0) is 31.2 Å². The Morgan fingerprint density at radius 2 is 2.00 bits per heavy atom. The van der Waals surface area contributed by atoms with Crippen molar-refractivity contribution in [2.24, 2.45) is 0 Å². The summed E-state index contributed by atoms with van der Waals surface area (Å²) in [7, 11) is 0.